The number of benzene rings is 3. The van der Waals surface area contributed by atoms with Crippen LogP contribution in [0.1, 0.15) is 72.3 Å². The highest BCUT2D eigenvalue weighted by atomic mass is 35.5. The van der Waals surface area contributed by atoms with E-state index in [4.69, 9.17) is 23.2 Å². The Kier molecular flexibility index (Phi) is 11.2. The first kappa shape index (κ1) is 38.6. The molecule has 3 N–H and O–H groups in total. The largest absolute Gasteiger partial charge is 0.465 e. The van der Waals surface area contributed by atoms with Crippen molar-refractivity contribution in [2.24, 2.45) is 11.3 Å². The molecular formula is C41H49Cl2N5O5. The van der Waals surface area contributed by atoms with Crippen molar-refractivity contribution in [3.63, 3.8) is 0 Å². The fourth-order valence-electron chi connectivity index (χ4n) is 8.60. The molecule has 3 aliphatic rings. The number of hydrogen-bond acceptors (Lipinski definition) is 5. The van der Waals surface area contributed by atoms with E-state index in [2.05, 4.69) is 10.6 Å². The number of carbonyl (C=O) groups is 4. The second-order valence-corrected chi connectivity index (χ2v) is 16.8. The van der Waals surface area contributed by atoms with Crippen LogP contribution in [-0.2, 0) is 16.0 Å². The monoisotopic (exact) mass is 761 g/mol. The molecule has 2 bridgehead atoms. The Morgan fingerprint density at radius 3 is 2.15 bits per heavy atom. The first-order valence-corrected chi connectivity index (χ1v) is 19.0. The number of aryl methyl sites for hydroxylation is 2. The van der Waals surface area contributed by atoms with Gasteiger partial charge in [-0.1, -0.05) is 97.6 Å². The number of amides is 4. The van der Waals surface area contributed by atoms with E-state index < -0.39 is 23.1 Å². The molecule has 282 valence electrons. The fraction of sp³-hybridized carbons (Fsp3) is 0.463. The van der Waals surface area contributed by atoms with E-state index in [1.807, 2.05) is 99.0 Å². The average molecular weight is 763 g/mol. The lowest BCUT2D eigenvalue weighted by molar-refractivity contribution is -0.145. The van der Waals surface area contributed by atoms with Gasteiger partial charge in [-0.3, -0.25) is 14.4 Å². The predicted molar refractivity (Wildman–Crippen MR) is 206 cm³/mol. The predicted octanol–water partition coefficient (Wildman–Crippen LogP) is 6.51. The summed E-state index contributed by atoms with van der Waals surface area (Å²) in [6.45, 7) is 11.3. The number of halogens is 2. The van der Waals surface area contributed by atoms with E-state index in [1.54, 1.807) is 17.0 Å². The molecule has 3 unspecified atom stereocenters. The van der Waals surface area contributed by atoms with Gasteiger partial charge in [0, 0.05) is 50.2 Å². The highest BCUT2D eigenvalue weighted by Gasteiger charge is 2.56. The molecule has 1 aliphatic carbocycles. The Labute approximate surface area is 321 Å². The van der Waals surface area contributed by atoms with E-state index in [9.17, 15) is 24.3 Å². The highest BCUT2D eigenvalue weighted by molar-refractivity contribution is 6.42. The van der Waals surface area contributed by atoms with Gasteiger partial charge >= 0.3 is 6.09 Å². The Bertz CT molecular complexity index is 1860. The molecule has 3 fully saturated rings. The van der Waals surface area contributed by atoms with Crippen molar-refractivity contribution in [3.8, 4) is 0 Å². The summed E-state index contributed by atoms with van der Waals surface area (Å²) in [4.78, 5) is 59.9. The Balaban J connectivity index is 1.14. The van der Waals surface area contributed by atoms with Crippen molar-refractivity contribution in [2.45, 2.75) is 77.5 Å². The van der Waals surface area contributed by atoms with Gasteiger partial charge in [0.1, 0.15) is 5.54 Å². The molecule has 4 amide bonds. The summed E-state index contributed by atoms with van der Waals surface area (Å²) in [6.07, 6.45) is 0.440. The van der Waals surface area contributed by atoms with E-state index in [1.165, 1.54) is 0 Å². The van der Waals surface area contributed by atoms with Crippen LogP contribution < -0.4 is 10.6 Å². The van der Waals surface area contributed by atoms with Crippen LogP contribution in [0.2, 0.25) is 10.0 Å². The van der Waals surface area contributed by atoms with E-state index in [0.29, 0.717) is 48.2 Å². The summed E-state index contributed by atoms with van der Waals surface area (Å²) in [5.74, 6) is -0.258. The lowest BCUT2D eigenvalue weighted by atomic mass is 9.69. The molecule has 2 saturated heterocycles. The maximum absolute atomic E-state index is 14.5. The van der Waals surface area contributed by atoms with Gasteiger partial charge in [0.25, 0.3) is 5.91 Å². The quantitative estimate of drug-likeness (QED) is 0.229. The maximum Gasteiger partial charge on any atom is 0.405 e. The average Bonchev–Trinajstić information content (AvgIpc) is 3.71. The molecule has 2 heterocycles. The number of piperazine rings is 1. The molecule has 12 heteroatoms. The van der Waals surface area contributed by atoms with Crippen molar-refractivity contribution < 1.29 is 24.3 Å². The topological polar surface area (TPSA) is 122 Å². The Morgan fingerprint density at radius 2 is 1.55 bits per heavy atom. The number of carboxylic acid groups (broad SMARTS) is 1. The lowest BCUT2D eigenvalue weighted by Crippen LogP contribution is -2.68. The first-order chi connectivity index (χ1) is 25.1. The van der Waals surface area contributed by atoms with Crippen molar-refractivity contribution >= 4 is 47.0 Å². The summed E-state index contributed by atoms with van der Waals surface area (Å²) in [5.41, 5.74) is 2.24. The molecule has 0 aromatic heterocycles. The number of carbonyl (C=O) groups excluding carboxylic acids is 3. The van der Waals surface area contributed by atoms with Crippen LogP contribution >= 0.6 is 23.2 Å². The molecular weight excluding hydrogens is 713 g/mol. The molecule has 3 aromatic rings. The minimum absolute atomic E-state index is 0.0226. The molecule has 0 spiro atoms. The molecule has 1 saturated carbocycles. The third-order valence-electron chi connectivity index (χ3n) is 11.4. The smallest absolute Gasteiger partial charge is 0.405 e. The SMILES string of the molecule is Cc1cc(C)cc(C(=O)N2CCN(C(=O)CNC3CC4CC3CN4C(=O)[C@](Cc3ccccc3)(NC(=O)O)C(C)(C)C)[C@H](c3ccc(Cl)c(Cl)c3)C2)c1. The van der Waals surface area contributed by atoms with Crippen molar-refractivity contribution in [1.82, 2.24) is 25.3 Å². The van der Waals surface area contributed by atoms with Gasteiger partial charge in [0.05, 0.1) is 22.6 Å². The zero-order valence-corrected chi connectivity index (χ0v) is 32.5. The standard InChI is InChI=1S/C41H49Cl2N5O5/c1-25-15-26(2)17-29(16-25)37(50)46-13-14-47(35(24-46)28-11-12-32(42)33(43)19-28)36(49)22-44-34-20-31-18-30(34)23-48(31)38(51)41(40(3,4)5,45-39(52)53)21-27-9-7-6-8-10-27/h6-12,15-17,19,30-31,34-35,44-45H,13-14,18,20-24H2,1-5H3,(H,52,53)/t30?,31?,34?,35-,41-/m0/s1. The summed E-state index contributed by atoms with van der Waals surface area (Å²) in [5, 5.41) is 16.9. The number of piperidine rings is 1. The van der Waals surface area contributed by atoms with Gasteiger partial charge in [-0.25, -0.2) is 4.79 Å². The zero-order valence-electron chi connectivity index (χ0n) is 31.0. The van der Waals surface area contributed by atoms with Gasteiger partial charge in [-0.05, 0) is 73.4 Å². The first-order valence-electron chi connectivity index (χ1n) is 18.3. The molecule has 5 atom stereocenters. The Hall–Kier alpha value is -4.12. The van der Waals surface area contributed by atoms with Crippen molar-refractivity contribution in [2.75, 3.05) is 32.7 Å². The van der Waals surface area contributed by atoms with Crippen LogP contribution in [0.4, 0.5) is 4.79 Å². The Morgan fingerprint density at radius 1 is 0.849 bits per heavy atom. The van der Waals surface area contributed by atoms with Gasteiger partial charge in [0.15, 0.2) is 0 Å². The van der Waals surface area contributed by atoms with Crippen LogP contribution in [-0.4, -0.2) is 94.0 Å². The molecule has 0 radical (unpaired) electrons. The van der Waals surface area contributed by atoms with E-state index in [0.717, 1.165) is 28.7 Å². The number of rotatable bonds is 9. The molecule has 6 rings (SSSR count). The van der Waals surface area contributed by atoms with Crippen molar-refractivity contribution in [3.05, 3.63) is 105 Å². The zero-order chi connectivity index (χ0) is 38.2. The fourth-order valence-corrected chi connectivity index (χ4v) is 8.91. The molecule has 10 nitrogen and oxygen atoms in total. The van der Waals surface area contributed by atoms with Crippen LogP contribution in [0.15, 0.2) is 66.7 Å². The normalized spacial score (nSPS) is 22.4. The summed E-state index contributed by atoms with van der Waals surface area (Å²) >= 11 is 12.7. The second-order valence-electron chi connectivity index (χ2n) is 16.0. The van der Waals surface area contributed by atoms with Crippen LogP contribution in [0.5, 0.6) is 0 Å². The van der Waals surface area contributed by atoms with Gasteiger partial charge in [-0.2, -0.15) is 0 Å². The van der Waals surface area contributed by atoms with Crippen LogP contribution in [0, 0.1) is 25.2 Å². The number of nitrogens with zero attached hydrogens (tertiary/aromatic N) is 3. The third kappa shape index (κ3) is 8.05. The second kappa shape index (κ2) is 15.3. The lowest BCUT2D eigenvalue weighted by Gasteiger charge is -2.47. The maximum atomic E-state index is 14.5. The number of fused-ring (bicyclic) bond motifs is 2. The molecule has 2 aliphatic heterocycles. The summed E-state index contributed by atoms with van der Waals surface area (Å²) < 4.78 is 0. The van der Waals surface area contributed by atoms with Gasteiger partial charge in [0.2, 0.25) is 11.8 Å². The van der Waals surface area contributed by atoms with Crippen LogP contribution in [0.25, 0.3) is 0 Å². The molecule has 53 heavy (non-hydrogen) atoms. The minimum Gasteiger partial charge on any atom is -0.465 e. The highest BCUT2D eigenvalue weighted by Crippen LogP contribution is 2.43. The van der Waals surface area contributed by atoms with E-state index >= 15 is 0 Å². The number of hydrogen-bond donors (Lipinski definition) is 3. The van der Waals surface area contributed by atoms with Crippen molar-refractivity contribution in [1.29, 1.82) is 0 Å². The van der Waals surface area contributed by atoms with Gasteiger partial charge < -0.3 is 30.4 Å². The molecule has 3 aromatic carbocycles. The van der Waals surface area contributed by atoms with E-state index in [-0.39, 0.29) is 48.7 Å². The third-order valence-corrected chi connectivity index (χ3v) is 12.1. The van der Waals surface area contributed by atoms with Gasteiger partial charge in [-0.15, -0.1) is 0 Å². The summed E-state index contributed by atoms with van der Waals surface area (Å²) in [7, 11) is 0. The number of nitrogens with one attached hydrogen (secondary N) is 2. The minimum atomic E-state index is -1.37. The summed E-state index contributed by atoms with van der Waals surface area (Å²) in [6, 6.07) is 20.2. The number of likely N-dealkylation sites (tertiary alicyclic amines) is 1. The van der Waals surface area contributed by atoms with Crippen LogP contribution in [0.3, 0.4) is 0 Å².